The molecule has 0 aliphatic carbocycles. The van der Waals surface area contributed by atoms with Crippen LogP contribution in [0.5, 0.6) is 0 Å². The summed E-state index contributed by atoms with van der Waals surface area (Å²) in [5.74, 6) is -1.28. The van der Waals surface area contributed by atoms with Gasteiger partial charge in [0.1, 0.15) is 17.7 Å². The van der Waals surface area contributed by atoms with Gasteiger partial charge in [0.15, 0.2) is 12.4 Å². The van der Waals surface area contributed by atoms with Crippen molar-refractivity contribution in [2.24, 2.45) is 0 Å². The minimum absolute atomic E-state index is 0.0327. The zero-order chi connectivity index (χ0) is 31.3. The van der Waals surface area contributed by atoms with E-state index >= 15 is 4.39 Å². The summed E-state index contributed by atoms with van der Waals surface area (Å²) in [5.41, 5.74) is 1.87. The van der Waals surface area contributed by atoms with E-state index in [1.54, 1.807) is 24.0 Å². The van der Waals surface area contributed by atoms with E-state index < -0.39 is 36.2 Å². The first-order valence-electron chi connectivity index (χ1n) is 13.0. The third-order valence-corrected chi connectivity index (χ3v) is 6.52. The number of anilines is 1. The van der Waals surface area contributed by atoms with Crippen molar-refractivity contribution in [1.82, 2.24) is 35.5 Å². The predicted octanol–water partition coefficient (Wildman–Crippen LogP) is 1.21. The predicted molar refractivity (Wildman–Crippen MR) is 151 cm³/mol. The number of fused-ring (bicyclic) bond motifs is 1. The number of carbonyl (C=O) groups is 3. The number of aromatic nitrogens is 6. The summed E-state index contributed by atoms with van der Waals surface area (Å²) < 4.78 is 15.2. The van der Waals surface area contributed by atoms with Crippen LogP contribution in [0.1, 0.15) is 39.6 Å². The Balaban J connectivity index is 1.49. The van der Waals surface area contributed by atoms with Gasteiger partial charge in [0, 0.05) is 18.7 Å². The molecule has 0 bridgehead atoms. The Morgan fingerprint density at radius 3 is 2.65 bits per heavy atom. The van der Waals surface area contributed by atoms with Crippen LogP contribution in [0.2, 0.25) is 0 Å². The quantitative estimate of drug-likeness (QED) is 0.173. The maximum absolute atomic E-state index is 15.2. The second-order valence-corrected chi connectivity index (χ2v) is 9.70. The highest BCUT2D eigenvalue weighted by atomic mass is 19.1. The van der Waals surface area contributed by atoms with Gasteiger partial charge in [-0.1, -0.05) is 5.92 Å². The van der Waals surface area contributed by atoms with Crippen molar-refractivity contribution < 1.29 is 29.0 Å². The van der Waals surface area contributed by atoms with E-state index in [4.69, 9.17) is 11.5 Å². The Morgan fingerprint density at radius 2 is 1.98 bits per heavy atom. The van der Waals surface area contributed by atoms with Gasteiger partial charge < -0.3 is 25.4 Å². The molecule has 4 rings (SSSR count). The van der Waals surface area contributed by atoms with Gasteiger partial charge in [-0.05, 0) is 66.9 Å². The second kappa shape index (κ2) is 12.9. The van der Waals surface area contributed by atoms with Gasteiger partial charge in [-0.2, -0.15) is 4.80 Å². The van der Waals surface area contributed by atoms with E-state index in [1.807, 2.05) is 6.92 Å². The molecule has 14 nitrogen and oxygen atoms in total. The first kappa shape index (κ1) is 30.3. The number of H-pyrrole nitrogens is 1. The summed E-state index contributed by atoms with van der Waals surface area (Å²) >= 11 is 0. The molecule has 43 heavy (non-hydrogen) atoms. The highest BCUT2D eigenvalue weighted by Crippen LogP contribution is 2.24. The standard InChI is InChI=1S/C28H27FN8O6/c1-4-9-36(13-17-11-20-23(10-15(17)2)30-16(3)31-27(20)41)18-5-6-19(21(29)12-18)26(40)32-22(28(42)43)7-8-24-33-35-37(34-24)14-25(38)39/h1,5-6,10-12,22H,7-9,13-14H2,2-3H3,(H,32,40)(H,38,39)(H,42,43)(H,30,31,41)/t22-/m0/s1. The van der Waals surface area contributed by atoms with Crippen LogP contribution >= 0.6 is 0 Å². The van der Waals surface area contributed by atoms with E-state index in [-0.39, 0.29) is 42.9 Å². The maximum Gasteiger partial charge on any atom is 0.327 e. The first-order valence-corrected chi connectivity index (χ1v) is 13.0. The number of terminal acetylenes is 1. The molecule has 0 radical (unpaired) electrons. The third kappa shape index (κ3) is 7.36. The van der Waals surface area contributed by atoms with Gasteiger partial charge in [-0.25, -0.2) is 14.2 Å². The number of carbonyl (C=O) groups excluding carboxylic acids is 1. The SMILES string of the molecule is C#CCN(Cc1cc2c(=O)[nH]c(C)nc2cc1C)c1ccc(C(=O)N[C@@H](CCc2nnn(CC(=O)O)n2)C(=O)O)c(F)c1. The molecule has 15 heteroatoms. The number of aryl methyl sites for hydroxylation is 3. The number of benzene rings is 2. The lowest BCUT2D eigenvalue weighted by atomic mass is 10.0. The molecule has 4 aromatic rings. The fraction of sp³-hybridized carbons (Fsp3) is 0.286. The van der Waals surface area contributed by atoms with Crippen molar-refractivity contribution in [2.45, 2.75) is 45.8 Å². The highest BCUT2D eigenvalue weighted by Gasteiger charge is 2.24. The summed E-state index contributed by atoms with van der Waals surface area (Å²) in [6, 6.07) is 5.94. The maximum atomic E-state index is 15.2. The van der Waals surface area contributed by atoms with Crippen molar-refractivity contribution in [3.8, 4) is 12.3 Å². The third-order valence-electron chi connectivity index (χ3n) is 6.52. The van der Waals surface area contributed by atoms with Crippen molar-refractivity contribution in [1.29, 1.82) is 0 Å². The lowest BCUT2D eigenvalue weighted by molar-refractivity contribution is -0.139. The highest BCUT2D eigenvalue weighted by molar-refractivity contribution is 5.97. The van der Waals surface area contributed by atoms with Crippen LogP contribution < -0.4 is 15.8 Å². The van der Waals surface area contributed by atoms with Gasteiger partial charge in [-0.15, -0.1) is 16.6 Å². The fourth-order valence-electron chi connectivity index (χ4n) is 4.39. The smallest absolute Gasteiger partial charge is 0.327 e. The van der Waals surface area contributed by atoms with Crippen LogP contribution in [0.15, 0.2) is 35.1 Å². The molecule has 0 saturated heterocycles. The van der Waals surface area contributed by atoms with Gasteiger partial charge in [0.25, 0.3) is 11.5 Å². The summed E-state index contributed by atoms with van der Waals surface area (Å²) in [6.07, 6.45) is 5.38. The van der Waals surface area contributed by atoms with Gasteiger partial charge in [0.05, 0.1) is 23.0 Å². The molecule has 2 aromatic carbocycles. The Labute approximate surface area is 243 Å². The van der Waals surface area contributed by atoms with Crippen molar-refractivity contribution in [2.75, 3.05) is 11.4 Å². The topological polar surface area (TPSA) is 196 Å². The largest absolute Gasteiger partial charge is 0.480 e. The number of hydrogen-bond donors (Lipinski definition) is 4. The molecule has 0 spiro atoms. The lowest BCUT2D eigenvalue weighted by Crippen LogP contribution is -2.41. The Morgan fingerprint density at radius 1 is 1.21 bits per heavy atom. The lowest BCUT2D eigenvalue weighted by Gasteiger charge is -2.24. The average Bonchev–Trinajstić information content (AvgIpc) is 3.37. The zero-order valence-electron chi connectivity index (χ0n) is 23.2. The van der Waals surface area contributed by atoms with Crippen molar-refractivity contribution in [3.05, 3.63) is 74.8 Å². The second-order valence-electron chi connectivity index (χ2n) is 9.70. The average molecular weight is 591 g/mol. The number of hydrogen-bond acceptors (Lipinski definition) is 9. The molecule has 2 heterocycles. The number of carboxylic acids is 2. The van der Waals surface area contributed by atoms with Crippen molar-refractivity contribution >= 4 is 34.4 Å². The number of aliphatic carboxylic acids is 2. The summed E-state index contributed by atoms with van der Waals surface area (Å²) in [6.45, 7) is 3.37. The molecule has 0 aliphatic heterocycles. The van der Waals surface area contributed by atoms with Crippen LogP contribution in [-0.2, 0) is 29.1 Å². The van der Waals surface area contributed by atoms with Crippen LogP contribution in [-0.4, -0.2) is 70.8 Å². The number of rotatable bonds is 12. The molecule has 2 aromatic heterocycles. The van der Waals surface area contributed by atoms with Crippen LogP contribution in [0, 0.1) is 32.0 Å². The van der Waals surface area contributed by atoms with Gasteiger partial charge >= 0.3 is 11.9 Å². The van der Waals surface area contributed by atoms with E-state index in [1.165, 1.54) is 12.1 Å². The molecular formula is C28H27FN8O6. The summed E-state index contributed by atoms with van der Waals surface area (Å²) in [5, 5.41) is 32.1. The molecule has 0 aliphatic rings. The number of halogens is 1. The van der Waals surface area contributed by atoms with Gasteiger partial charge in [-0.3, -0.25) is 14.4 Å². The normalized spacial score (nSPS) is 11.6. The van der Waals surface area contributed by atoms with Gasteiger partial charge in [0.2, 0.25) is 0 Å². The molecule has 222 valence electrons. The van der Waals surface area contributed by atoms with Crippen LogP contribution in [0.3, 0.4) is 0 Å². The summed E-state index contributed by atoms with van der Waals surface area (Å²) in [7, 11) is 0. The molecule has 1 amide bonds. The van der Waals surface area contributed by atoms with Crippen LogP contribution in [0.25, 0.3) is 10.9 Å². The number of tetrazole rings is 1. The molecule has 0 saturated carbocycles. The molecule has 0 unspecified atom stereocenters. The number of aromatic amines is 1. The molecule has 0 fully saturated rings. The van der Waals surface area contributed by atoms with Crippen molar-refractivity contribution in [3.63, 3.8) is 0 Å². The van der Waals surface area contributed by atoms with Crippen LogP contribution in [0.4, 0.5) is 10.1 Å². The van der Waals surface area contributed by atoms with E-state index in [9.17, 15) is 24.3 Å². The Kier molecular flexibility index (Phi) is 9.09. The monoisotopic (exact) mass is 590 g/mol. The molecular weight excluding hydrogens is 563 g/mol. The van der Waals surface area contributed by atoms with E-state index in [0.29, 0.717) is 22.4 Å². The Hall–Kier alpha value is -5.65. The minimum Gasteiger partial charge on any atom is -0.480 e. The number of amides is 1. The zero-order valence-corrected chi connectivity index (χ0v) is 23.2. The summed E-state index contributed by atoms with van der Waals surface area (Å²) in [4.78, 5) is 57.4. The number of nitrogens with one attached hydrogen (secondary N) is 2. The fourth-order valence-corrected chi connectivity index (χ4v) is 4.39. The Bertz CT molecular complexity index is 1810. The first-order chi connectivity index (χ1) is 20.4. The molecule has 1 atom stereocenters. The number of carboxylic acid groups (broad SMARTS) is 2. The van der Waals surface area contributed by atoms with E-state index in [0.717, 1.165) is 22.0 Å². The number of nitrogens with zero attached hydrogens (tertiary/aromatic N) is 6. The van der Waals surface area contributed by atoms with E-state index in [2.05, 4.69) is 36.6 Å². The minimum atomic E-state index is -1.41. The molecule has 4 N–H and O–H groups in total.